The molecule has 0 radical (unpaired) electrons. The SMILES string of the molecule is CCC(OC)C(NC)c1c(Cl)ccc(F)c1F. The Labute approximate surface area is 105 Å². The smallest absolute Gasteiger partial charge is 0.165 e. The van der Waals surface area contributed by atoms with Gasteiger partial charge in [0.1, 0.15) is 0 Å². The van der Waals surface area contributed by atoms with Crippen molar-refractivity contribution in [2.45, 2.75) is 25.5 Å². The van der Waals surface area contributed by atoms with E-state index in [9.17, 15) is 8.78 Å². The summed E-state index contributed by atoms with van der Waals surface area (Å²) in [6, 6.07) is 1.89. The van der Waals surface area contributed by atoms with Gasteiger partial charge in [0.15, 0.2) is 11.6 Å². The first-order valence-electron chi connectivity index (χ1n) is 5.40. The van der Waals surface area contributed by atoms with Crippen molar-refractivity contribution < 1.29 is 13.5 Å². The summed E-state index contributed by atoms with van der Waals surface area (Å²) >= 11 is 5.93. The summed E-state index contributed by atoms with van der Waals surface area (Å²) in [7, 11) is 3.19. The molecular weight excluding hydrogens is 248 g/mol. The van der Waals surface area contributed by atoms with Crippen molar-refractivity contribution in [3.8, 4) is 0 Å². The highest BCUT2D eigenvalue weighted by molar-refractivity contribution is 6.31. The molecule has 1 aromatic carbocycles. The lowest BCUT2D eigenvalue weighted by Crippen LogP contribution is -2.31. The van der Waals surface area contributed by atoms with Crippen LogP contribution in [0.25, 0.3) is 0 Å². The normalized spacial score (nSPS) is 14.7. The number of methoxy groups -OCH3 is 1. The third-order valence-electron chi connectivity index (χ3n) is 2.78. The Morgan fingerprint density at radius 2 is 2.06 bits per heavy atom. The molecule has 96 valence electrons. The minimum Gasteiger partial charge on any atom is -0.379 e. The maximum Gasteiger partial charge on any atom is 0.165 e. The van der Waals surface area contributed by atoms with Crippen molar-refractivity contribution in [3.05, 3.63) is 34.4 Å². The summed E-state index contributed by atoms with van der Waals surface area (Å²) in [6.07, 6.45) is 0.391. The van der Waals surface area contributed by atoms with Crippen molar-refractivity contribution in [2.24, 2.45) is 0 Å². The van der Waals surface area contributed by atoms with Crippen LogP contribution in [0.5, 0.6) is 0 Å². The number of benzene rings is 1. The fourth-order valence-corrected chi connectivity index (χ4v) is 2.15. The number of hydrogen-bond acceptors (Lipinski definition) is 2. The van der Waals surface area contributed by atoms with Gasteiger partial charge in [0.05, 0.1) is 12.1 Å². The quantitative estimate of drug-likeness (QED) is 0.823. The van der Waals surface area contributed by atoms with Gasteiger partial charge in [-0.25, -0.2) is 8.78 Å². The Morgan fingerprint density at radius 1 is 1.41 bits per heavy atom. The highest BCUT2D eigenvalue weighted by Crippen LogP contribution is 2.31. The standard InChI is InChI=1S/C12H16ClF2NO/c1-4-9(17-3)12(16-2)10-7(13)5-6-8(14)11(10)15/h5-6,9,12,16H,4H2,1-3H3. The third kappa shape index (κ3) is 2.94. The highest BCUT2D eigenvalue weighted by Gasteiger charge is 2.26. The van der Waals surface area contributed by atoms with E-state index in [1.807, 2.05) is 6.92 Å². The fraction of sp³-hybridized carbons (Fsp3) is 0.500. The monoisotopic (exact) mass is 263 g/mol. The Hall–Kier alpha value is -0.710. The summed E-state index contributed by atoms with van der Waals surface area (Å²) in [4.78, 5) is 0. The molecule has 0 fully saturated rings. The first-order valence-corrected chi connectivity index (χ1v) is 5.78. The maximum atomic E-state index is 13.8. The van der Waals surface area contributed by atoms with Crippen molar-refractivity contribution in [1.82, 2.24) is 5.32 Å². The van der Waals surface area contributed by atoms with Gasteiger partial charge in [0.2, 0.25) is 0 Å². The number of rotatable bonds is 5. The maximum absolute atomic E-state index is 13.8. The van der Waals surface area contributed by atoms with Gasteiger partial charge in [0.25, 0.3) is 0 Å². The van der Waals surface area contributed by atoms with Gasteiger partial charge < -0.3 is 10.1 Å². The van der Waals surface area contributed by atoms with Gasteiger partial charge in [-0.1, -0.05) is 18.5 Å². The van der Waals surface area contributed by atoms with Crippen LogP contribution in [0.3, 0.4) is 0 Å². The lowest BCUT2D eigenvalue weighted by atomic mass is 9.98. The largest absolute Gasteiger partial charge is 0.379 e. The van der Waals surface area contributed by atoms with Crippen LogP contribution in [0.4, 0.5) is 8.78 Å². The summed E-state index contributed by atoms with van der Waals surface area (Å²) in [6.45, 7) is 1.91. The second-order valence-electron chi connectivity index (χ2n) is 3.71. The van der Waals surface area contributed by atoms with Crippen molar-refractivity contribution >= 4 is 11.6 Å². The van der Waals surface area contributed by atoms with E-state index in [0.29, 0.717) is 6.42 Å². The molecule has 0 saturated carbocycles. The molecule has 0 spiro atoms. The van der Waals surface area contributed by atoms with Gasteiger partial charge in [-0.2, -0.15) is 0 Å². The first kappa shape index (κ1) is 14.4. The zero-order valence-electron chi connectivity index (χ0n) is 10.1. The Kier molecular flexibility index (Phi) is 5.31. The lowest BCUT2D eigenvalue weighted by Gasteiger charge is -2.26. The molecule has 17 heavy (non-hydrogen) atoms. The number of hydrogen-bond donors (Lipinski definition) is 1. The van der Waals surface area contributed by atoms with Crippen molar-refractivity contribution in [1.29, 1.82) is 0 Å². The molecule has 2 nitrogen and oxygen atoms in total. The van der Waals surface area contributed by atoms with E-state index in [2.05, 4.69) is 5.32 Å². The fourth-order valence-electron chi connectivity index (χ4n) is 1.88. The van der Waals surface area contributed by atoms with Gasteiger partial charge in [-0.15, -0.1) is 0 Å². The molecule has 5 heteroatoms. The van der Waals surface area contributed by atoms with Gasteiger partial charge in [-0.3, -0.25) is 0 Å². The lowest BCUT2D eigenvalue weighted by molar-refractivity contribution is 0.0662. The zero-order chi connectivity index (χ0) is 13.0. The molecular formula is C12H16ClF2NO. The average molecular weight is 264 g/mol. The molecule has 0 heterocycles. The van der Waals surface area contributed by atoms with E-state index in [-0.39, 0.29) is 16.7 Å². The summed E-state index contributed by atoms with van der Waals surface area (Å²) < 4.78 is 32.2. The predicted octanol–water partition coefficient (Wildman–Crippen LogP) is 3.30. The van der Waals surface area contributed by atoms with E-state index in [0.717, 1.165) is 6.07 Å². The second kappa shape index (κ2) is 6.28. The topological polar surface area (TPSA) is 21.3 Å². The van der Waals surface area contributed by atoms with Crippen LogP contribution in [0.1, 0.15) is 24.9 Å². The molecule has 2 atom stereocenters. The number of likely N-dealkylation sites (N-methyl/N-ethyl adjacent to an activating group) is 1. The van der Waals surface area contributed by atoms with E-state index in [1.54, 1.807) is 7.05 Å². The molecule has 0 bridgehead atoms. The molecule has 2 unspecified atom stereocenters. The zero-order valence-corrected chi connectivity index (χ0v) is 10.8. The van der Waals surface area contributed by atoms with E-state index >= 15 is 0 Å². The molecule has 0 aliphatic carbocycles. The molecule has 0 aliphatic rings. The predicted molar refractivity (Wildman–Crippen MR) is 64.3 cm³/mol. The number of ether oxygens (including phenoxy) is 1. The molecule has 0 saturated heterocycles. The van der Waals surface area contributed by atoms with Crippen LogP contribution < -0.4 is 5.32 Å². The number of nitrogens with one attached hydrogen (secondary N) is 1. The minimum absolute atomic E-state index is 0.114. The van der Waals surface area contributed by atoms with Crippen LogP contribution in [-0.4, -0.2) is 20.3 Å². The summed E-state index contributed by atoms with van der Waals surface area (Å²) in [5.74, 6) is -1.83. The second-order valence-corrected chi connectivity index (χ2v) is 4.11. The first-order chi connectivity index (χ1) is 8.06. The van der Waals surface area contributed by atoms with E-state index in [4.69, 9.17) is 16.3 Å². The van der Waals surface area contributed by atoms with Gasteiger partial charge in [0, 0.05) is 17.7 Å². The third-order valence-corrected chi connectivity index (χ3v) is 3.11. The van der Waals surface area contributed by atoms with Crippen molar-refractivity contribution in [2.75, 3.05) is 14.2 Å². The number of halogens is 3. The highest BCUT2D eigenvalue weighted by atomic mass is 35.5. The van der Waals surface area contributed by atoms with Gasteiger partial charge >= 0.3 is 0 Å². The van der Waals surface area contributed by atoms with E-state index in [1.165, 1.54) is 13.2 Å². The molecule has 1 N–H and O–H groups in total. The molecule has 0 aromatic heterocycles. The van der Waals surface area contributed by atoms with Gasteiger partial charge in [-0.05, 0) is 25.6 Å². The molecule has 1 aromatic rings. The van der Waals surface area contributed by atoms with Crippen LogP contribution in [0.2, 0.25) is 5.02 Å². The Balaban J connectivity index is 3.24. The minimum atomic E-state index is -0.924. The average Bonchev–Trinajstić information content (AvgIpc) is 2.33. The van der Waals surface area contributed by atoms with Crippen LogP contribution in [0, 0.1) is 11.6 Å². The summed E-state index contributed by atoms with van der Waals surface area (Å²) in [5.41, 5.74) is 0.114. The van der Waals surface area contributed by atoms with Crippen LogP contribution >= 0.6 is 11.6 Å². The van der Waals surface area contributed by atoms with Crippen molar-refractivity contribution in [3.63, 3.8) is 0 Å². The molecule has 0 aliphatic heterocycles. The van der Waals surface area contributed by atoms with Crippen LogP contribution in [-0.2, 0) is 4.74 Å². The van der Waals surface area contributed by atoms with Crippen LogP contribution in [0.15, 0.2) is 12.1 Å². The summed E-state index contributed by atoms with van der Waals surface area (Å²) in [5, 5.41) is 3.11. The Bertz CT molecular complexity index is 383. The molecule has 0 amide bonds. The van der Waals surface area contributed by atoms with E-state index < -0.39 is 17.7 Å². The Morgan fingerprint density at radius 3 is 2.53 bits per heavy atom. The molecule has 1 rings (SSSR count).